The lowest BCUT2D eigenvalue weighted by molar-refractivity contribution is -0.160. The van der Waals surface area contributed by atoms with Crippen molar-refractivity contribution in [1.29, 1.82) is 0 Å². The molecular formula is C21H21N3O5. The van der Waals surface area contributed by atoms with Crippen LogP contribution in [0.3, 0.4) is 0 Å². The highest BCUT2D eigenvalue weighted by atomic mass is 16.5. The maximum Gasteiger partial charge on any atom is 0.334 e. The minimum atomic E-state index is -1.09. The van der Waals surface area contributed by atoms with Gasteiger partial charge >= 0.3 is 5.97 Å². The molecule has 1 fully saturated rings. The van der Waals surface area contributed by atoms with Crippen LogP contribution in [0.1, 0.15) is 23.0 Å². The lowest BCUT2D eigenvalue weighted by atomic mass is 10.1. The van der Waals surface area contributed by atoms with Crippen molar-refractivity contribution >= 4 is 11.9 Å². The van der Waals surface area contributed by atoms with Gasteiger partial charge in [0, 0.05) is 12.7 Å². The second-order valence-electron chi connectivity index (χ2n) is 7.07. The van der Waals surface area contributed by atoms with Gasteiger partial charge in [-0.1, -0.05) is 18.2 Å². The summed E-state index contributed by atoms with van der Waals surface area (Å²) in [6.45, 7) is 3.85. The largest absolute Gasteiger partial charge is 0.479 e. The topological polar surface area (TPSA) is 97.8 Å². The molecule has 1 N–H and O–H groups in total. The fourth-order valence-electron chi connectivity index (χ4n) is 3.41. The van der Waals surface area contributed by atoms with Gasteiger partial charge < -0.3 is 19.2 Å². The van der Waals surface area contributed by atoms with Gasteiger partial charge in [0.25, 0.3) is 5.91 Å². The summed E-state index contributed by atoms with van der Waals surface area (Å²) in [7, 11) is 0. The number of rotatable bonds is 4. The zero-order chi connectivity index (χ0) is 20.5. The molecule has 2 aromatic heterocycles. The van der Waals surface area contributed by atoms with Gasteiger partial charge in [-0.15, -0.1) is 0 Å². The van der Waals surface area contributed by atoms with E-state index in [-0.39, 0.29) is 18.6 Å². The number of aromatic nitrogens is 2. The first-order valence-electron chi connectivity index (χ1n) is 9.32. The molecule has 0 radical (unpaired) electrons. The second-order valence-corrected chi connectivity index (χ2v) is 7.07. The average molecular weight is 395 g/mol. The Morgan fingerprint density at radius 3 is 2.55 bits per heavy atom. The first-order valence-corrected chi connectivity index (χ1v) is 9.32. The third-order valence-electron chi connectivity index (χ3n) is 4.76. The van der Waals surface area contributed by atoms with Gasteiger partial charge in [0.1, 0.15) is 11.5 Å². The number of aryl methyl sites for hydroxylation is 1. The van der Waals surface area contributed by atoms with E-state index in [1.54, 1.807) is 23.9 Å². The van der Waals surface area contributed by atoms with Crippen LogP contribution in [0, 0.1) is 6.92 Å². The predicted molar refractivity (Wildman–Crippen MR) is 104 cm³/mol. The molecule has 2 atom stereocenters. The van der Waals surface area contributed by atoms with E-state index in [9.17, 15) is 14.7 Å². The Balaban J connectivity index is 1.74. The third kappa shape index (κ3) is 3.79. The van der Waals surface area contributed by atoms with Crippen LogP contribution in [0.25, 0.3) is 17.1 Å². The predicted octanol–water partition coefficient (Wildman–Crippen LogP) is 2.75. The van der Waals surface area contributed by atoms with E-state index in [1.165, 1.54) is 4.90 Å². The number of furan rings is 1. The fraction of sp³-hybridized carbons (Fsp3) is 0.286. The number of ether oxygens (including phenoxy) is 1. The minimum Gasteiger partial charge on any atom is -0.479 e. The number of para-hydroxylation sites is 1. The number of morpholine rings is 1. The van der Waals surface area contributed by atoms with Crippen molar-refractivity contribution in [3.63, 3.8) is 0 Å². The molecule has 0 aliphatic carbocycles. The standard InChI is InChI=1S/C21H21N3O5/c1-13-8-9-17(28-13)19-16(11-24(22-19)15-6-4-3-5-7-15)20(25)23-10-14(2)29-18(12-23)21(26)27/h3-9,11,14,18H,10,12H2,1-2H3,(H,26,27)/t14-,18?/m1/s1. The highest BCUT2D eigenvalue weighted by Crippen LogP contribution is 2.27. The maximum absolute atomic E-state index is 13.3. The number of hydrogen-bond acceptors (Lipinski definition) is 5. The number of aliphatic carboxylic acids is 1. The molecule has 8 heteroatoms. The molecule has 1 amide bonds. The van der Waals surface area contributed by atoms with Crippen molar-refractivity contribution in [3.8, 4) is 17.1 Å². The number of hydrogen-bond donors (Lipinski definition) is 1. The van der Waals surface area contributed by atoms with Gasteiger partial charge in [0.15, 0.2) is 11.9 Å². The highest BCUT2D eigenvalue weighted by molar-refractivity contribution is 5.99. The highest BCUT2D eigenvalue weighted by Gasteiger charge is 2.35. The average Bonchev–Trinajstić information content (AvgIpc) is 3.34. The Labute approximate surface area is 167 Å². The van der Waals surface area contributed by atoms with Gasteiger partial charge in [-0.3, -0.25) is 4.79 Å². The number of carbonyl (C=O) groups is 2. The van der Waals surface area contributed by atoms with Crippen molar-refractivity contribution in [2.45, 2.75) is 26.1 Å². The van der Waals surface area contributed by atoms with Crippen LogP contribution in [0.4, 0.5) is 0 Å². The van der Waals surface area contributed by atoms with E-state index >= 15 is 0 Å². The number of amides is 1. The Bertz CT molecular complexity index is 1040. The summed E-state index contributed by atoms with van der Waals surface area (Å²) in [6, 6.07) is 13.0. The van der Waals surface area contributed by atoms with Crippen LogP contribution in [-0.4, -0.2) is 57.0 Å². The van der Waals surface area contributed by atoms with Gasteiger partial charge in [-0.05, 0) is 38.1 Å². The van der Waals surface area contributed by atoms with Crippen molar-refractivity contribution in [2.24, 2.45) is 0 Å². The van der Waals surface area contributed by atoms with Gasteiger partial charge in [-0.2, -0.15) is 5.10 Å². The monoisotopic (exact) mass is 395 g/mol. The summed E-state index contributed by atoms with van der Waals surface area (Å²) < 4.78 is 12.8. The van der Waals surface area contributed by atoms with E-state index < -0.39 is 12.1 Å². The van der Waals surface area contributed by atoms with Crippen molar-refractivity contribution in [3.05, 3.63) is 60.0 Å². The van der Waals surface area contributed by atoms with Crippen LogP contribution in [0.15, 0.2) is 53.1 Å². The molecule has 0 bridgehead atoms. The summed E-state index contributed by atoms with van der Waals surface area (Å²) in [5.41, 5.74) is 1.56. The molecule has 0 saturated carbocycles. The Hall–Kier alpha value is -3.39. The first-order chi connectivity index (χ1) is 13.9. The van der Waals surface area contributed by atoms with Crippen molar-refractivity contribution in [2.75, 3.05) is 13.1 Å². The summed E-state index contributed by atoms with van der Waals surface area (Å²) in [4.78, 5) is 26.2. The summed E-state index contributed by atoms with van der Waals surface area (Å²) in [6.07, 6.45) is 0.217. The zero-order valence-corrected chi connectivity index (χ0v) is 16.1. The number of benzene rings is 1. The lowest BCUT2D eigenvalue weighted by Gasteiger charge is -2.34. The van der Waals surface area contributed by atoms with E-state index in [0.717, 1.165) is 5.69 Å². The van der Waals surface area contributed by atoms with Crippen molar-refractivity contribution < 1.29 is 23.8 Å². The molecule has 29 heavy (non-hydrogen) atoms. The zero-order valence-electron chi connectivity index (χ0n) is 16.1. The van der Waals surface area contributed by atoms with Gasteiger partial charge in [-0.25, -0.2) is 9.48 Å². The number of carboxylic acid groups (broad SMARTS) is 1. The Morgan fingerprint density at radius 1 is 1.14 bits per heavy atom. The second kappa shape index (κ2) is 7.56. The first kappa shape index (κ1) is 18.9. The van der Waals surface area contributed by atoms with Gasteiger partial charge in [0.2, 0.25) is 0 Å². The fourth-order valence-corrected chi connectivity index (χ4v) is 3.41. The number of nitrogens with zero attached hydrogens (tertiary/aromatic N) is 3. The molecule has 1 aromatic carbocycles. The summed E-state index contributed by atoms with van der Waals surface area (Å²) in [5, 5.41) is 13.9. The normalized spacial score (nSPS) is 19.3. The van der Waals surface area contributed by atoms with Crippen LogP contribution in [-0.2, 0) is 9.53 Å². The number of carbonyl (C=O) groups excluding carboxylic acids is 1. The Morgan fingerprint density at radius 2 is 1.90 bits per heavy atom. The minimum absolute atomic E-state index is 0.0222. The van der Waals surface area contributed by atoms with Crippen LogP contribution >= 0.6 is 0 Å². The van der Waals surface area contributed by atoms with E-state index in [0.29, 0.717) is 29.3 Å². The third-order valence-corrected chi connectivity index (χ3v) is 4.76. The summed E-state index contributed by atoms with van der Waals surface area (Å²) in [5.74, 6) is -0.205. The Kier molecular flexibility index (Phi) is 4.94. The molecular weight excluding hydrogens is 374 g/mol. The van der Waals surface area contributed by atoms with Crippen LogP contribution in [0.5, 0.6) is 0 Å². The molecule has 1 unspecified atom stereocenters. The van der Waals surface area contributed by atoms with Crippen LogP contribution in [0.2, 0.25) is 0 Å². The quantitative estimate of drug-likeness (QED) is 0.729. The molecule has 1 aliphatic rings. The smallest absolute Gasteiger partial charge is 0.334 e. The molecule has 1 saturated heterocycles. The maximum atomic E-state index is 13.3. The molecule has 4 rings (SSSR count). The molecule has 3 aromatic rings. The lowest BCUT2D eigenvalue weighted by Crippen LogP contribution is -2.51. The molecule has 150 valence electrons. The van der Waals surface area contributed by atoms with Crippen LogP contribution < -0.4 is 0 Å². The van der Waals surface area contributed by atoms with Gasteiger partial charge in [0.05, 0.1) is 23.9 Å². The molecule has 1 aliphatic heterocycles. The molecule has 3 heterocycles. The number of carboxylic acids is 1. The SMILES string of the molecule is Cc1ccc(-c2nn(-c3ccccc3)cc2C(=O)N2CC(C(=O)O)O[C@H](C)C2)o1. The molecule has 8 nitrogen and oxygen atoms in total. The summed E-state index contributed by atoms with van der Waals surface area (Å²) >= 11 is 0. The van der Waals surface area contributed by atoms with E-state index in [1.807, 2.05) is 43.3 Å². The van der Waals surface area contributed by atoms with Crippen molar-refractivity contribution in [1.82, 2.24) is 14.7 Å². The van der Waals surface area contributed by atoms with E-state index in [4.69, 9.17) is 9.15 Å². The van der Waals surface area contributed by atoms with E-state index in [2.05, 4.69) is 5.10 Å². The molecule has 0 spiro atoms.